The molecule has 6 atom stereocenters. The first kappa shape index (κ1) is 46.0. The lowest BCUT2D eigenvalue weighted by atomic mass is 9.91. The number of aliphatic hydroxyl groups is 1. The number of fused-ring (bicyclic) bond motifs is 1. The summed E-state index contributed by atoms with van der Waals surface area (Å²) in [6.07, 6.45) is 4.61. The Balaban J connectivity index is 0.00000495. The van der Waals surface area contributed by atoms with E-state index in [9.17, 15) is 24.3 Å². The lowest BCUT2D eigenvalue weighted by Gasteiger charge is -2.30. The first-order valence-corrected chi connectivity index (χ1v) is 19.9. The molecule has 0 radical (unpaired) electrons. The number of para-hydroxylation sites is 1. The summed E-state index contributed by atoms with van der Waals surface area (Å²) in [7, 11) is 0. The van der Waals surface area contributed by atoms with Gasteiger partial charge in [-0.3, -0.25) is 19.4 Å². The number of thiol groups is 1. The predicted molar refractivity (Wildman–Crippen MR) is 218 cm³/mol. The van der Waals surface area contributed by atoms with Crippen LogP contribution in [0.5, 0.6) is 0 Å². The number of nitrogens with zero attached hydrogens (tertiary/aromatic N) is 1. The molecule has 0 saturated heterocycles. The van der Waals surface area contributed by atoms with Crippen molar-refractivity contribution in [3.63, 3.8) is 0 Å². The highest BCUT2D eigenvalue weighted by Gasteiger charge is 2.31. The molecule has 1 aliphatic rings. The fourth-order valence-corrected chi connectivity index (χ4v) is 6.19. The van der Waals surface area contributed by atoms with Gasteiger partial charge in [0.15, 0.2) is 0 Å². The zero-order valence-corrected chi connectivity index (χ0v) is 34.2. The van der Waals surface area contributed by atoms with Crippen LogP contribution in [0.15, 0.2) is 65.8 Å². The number of aliphatic hydroxyl groups excluding tert-OH is 1. The van der Waals surface area contributed by atoms with Gasteiger partial charge in [-0.1, -0.05) is 109 Å². The zero-order valence-electron chi connectivity index (χ0n) is 33.3. The van der Waals surface area contributed by atoms with E-state index < -0.39 is 42.1 Å². The molecule has 3 rings (SSSR count). The third-order valence-corrected chi connectivity index (χ3v) is 9.24. The Morgan fingerprint density at radius 3 is 2.28 bits per heavy atom. The summed E-state index contributed by atoms with van der Waals surface area (Å²) in [5.41, 5.74) is 2.11. The second kappa shape index (κ2) is 24.3. The standard InChI is InChI=1S/C40H57N5O6S.C2H6/c1-25(2)18-35(36(46)20-28(6)38(48)43-34(26(3)4)22-37(47)42-23-29-11-9-10-27(5)19-29)44-39(49)33(15-17-52)45-40(50)51-24-30-14-16-41-32-13-8-7-12-31(32)21-30;1-2/h7-14,16,19,21,25-26,28,30,33-36,46,52H,15,17-18,20,22-24H2,1-6H3,(H,42,47)(H,43,48)(H,44,49)(H,45,50);1-2H3/t28-,30?,33+,34-,35+,36+;/m1./s1. The monoisotopic (exact) mass is 765 g/mol. The van der Waals surface area contributed by atoms with Crippen molar-refractivity contribution >= 4 is 42.5 Å². The number of amides is 4. The Kier molecular flexibility index (Phi) is 20.7. The minimum absolute atomic E-state index is 0.00396. The van der Waals surface area contributed by atoms with Gasteiger partial charge in [-0.2, -0.15) is 12.6 Å². The molecule has 0 spiro atoms. The number of hydrogen-bond donors (Lipinski definition) is 6. The first-order chi connectivity index (χ1) is 25.7. The fraction of sp³-hybridized carbons (Fsp3) is 0.548. The number of hydrogen-bond acceptors (Lipinski definition) is 8. The molecule has 5 N–H and O–H groups in total. The Labute approximate surface area is 327 Å². The molecule has 298 valence electrons. The van der Waals surface area contributed by atoms with Gasteiger partial charge < -0.3 is 31.1 Å². The second-order valence-electron chi connectivity index (χ2n) is 14.4. The Hall–Kier alpha value is -4.16. The van der Waals surface area contributed by atoms with Crippen LogP contribution in [-0.2, 0) is 25.7 Å². The van der Waals surface area contributed by atoms with Crippen LogP contribution in [0.1, 0.15) is 85.3 Å². The number of rotatable bonds is 19. The summed E-state index contributed by atoms with van der Waals surface area (Å²) in [6, 6.07) is 13.6. The largest absolute Gasteiger partial charge is 0.449 e. The number of alkyl carbamates (subject to hydrolysis) is 1. The molecule has 4 amide bonds. The van der Waals surface area contributed by atoms with Crippen molar-refractivity contribution in [1.82, 2.24) is 21.3 Å². The highest BCUT2D eigenvalue weighted by Crippen LogP contribution is 2.18. The minimum atomic E-state index is -1.04. The molecule has 0 aromatic heterocycles. The fourth-order valence-electron chi connectivity index (χ4n) is 5.93. The van der Waals surface area contributed by atoms with Gasteiger partial charge in [-0.15, -0.1) is 0 Å². The van der Waals surface area contributed by atoms with Crippen LogP contribution in [0, 0.1) is 30.6 Å². The lowest BCUT2D eigenvalue weighted by molar-refractivity contribution is -0.127. The average molecular weight is 766 g/mol. The van der Waals surface area contributed by atoms with Crippen molar-refractivity contribution in [2.75, 3.05) is 12.4 Å². The second-order valence-corrected chi connectivity index (χ2v) is 14.9. The van der Waals surface area contributed by atoms with E-state index in [0.717, 1.165) is 21.7 Å². The molecule has 2 aromatic carbocycles. The van der Waals surface area contributed by atoms with Crippen LogP contribution in [0.3, 0.4) is 0 Å². The minimum Gasteiger partial charge on any atom is -0.449 e. The van der Waals surface area contributed by atoms with Crippen molar-refractivity contribution in [3.8, 4) is 0 Å². The van der Waals surface area contributed by atoms with E-state index in [-0.39, 0.29) is 55.4 Å². The zero-order chi connectivity index (χ0) is 40.2. The molecule has 54 heavy (non-hydrogen) atoms. The lowest BCUT2D eigenvalue weighted by Crippen LogP contribution is -2.53. The van der Waals surface area contributed by atoms with Crippen molar-refractivity contribution in [2.45, 2.75) is 112 Å². The topological polar surface area (TPSA) is 158 Å². The van der Waals surface area contributed by atoms with Gasteiger partial charge in [0.05, 0.1) is 17.5 Å². The van der Waals surface area contributed by atoms with E-state index >= 15 is 0 Å². The van der Waals surface area contributed by atoms with Gasteiger partial charge >= 0.3 is 6.09 Å². The van der Waals surface area contributed by atoms with Gasteiger partial charge in [0.1, 0.15) is 12.6 Å². The molecule has 1 unspecified atom stereocenters. The van der Waals surface area contributed by atoms with Crippen LogP contribution < -0.4 is 31.8 Å². The summed E-state index contributed by atoms with van der Waals surface area (Å²) >= 11 is 4.28. The highest BCUT2D eigenvalue weighted by molar-refractivity contribution is 7.80. The molecule has 0 fully saturated rings. The maximum Gasteiger partial charge on any atom is 0.407 e. The smallest absolute Gasteiger partial charge is 0.407 e. The van der Waals surface area contributed by atoms with E-state index in [4.69, 9.17) is 4.74 Å². The number of ether oxygens (including phenoxy) is 1. The predicted octanol–water partition coefficient (Wildman–Crippen LogP) is 4.74. The number of benzene rings is 2. The van der Waals surface area contributed by atoms with Crippen molar-refractivity contribution in [3.05, 3.63) is 82.5 Å². The summed E-state index contributed by atoms with van der Waals surface area (Å²) in [6.45, 7) is 16.0. The SMILES string of the molecule is CC.Cc1cccc(CNC(=O)C[C@@H](NC(=O)[C@H](C)C[C@H](O)[C@H](CC(C)C)NC(=O)[C@H](CCS)NC(=O)OCC2C=CN=c3ccccc3=C2)C(C)C)c1. The Morgan fingerprint density at radius 1 is 0.907 bits per heavy atom. The molecule has 1 heterocycles. The molecular weight excluding hydrogens is 703 g/mol. The summed E-state index contributed by atoms with van der Waals surface area (Å²) in [5, 5.41) is 24.6. The average Bonchev–Trinajstić information content (AvgIpc) is 3.35. The number of nitrogens with one attached hydrogen (secondary N) is 4. The molecule has 12 heteroatoms. The van der Waals surface area contributed by atoms with E-state index in [0.29, 0.717) is 18.7 Å². The van der Waals surface area contributed by atoms with Crippen LogP contribution in [0.4, 0.5) is 4.79 Å². The van der Waals surface area contributed by atoms with E-state index in [1.807, 2.05) is 109 Å². The van der Waals surface area contributed by atoms with E-state index in [2.05, 4.69) is 38.9 Å². The summed E-state index contributed by atoms with van der Waals surface area (Å²) in [5.74, 6) is -1.28. The number of aryl methyl sites for hydroxylation is 1. The normalized spacial score (nSPS) is 16.0. The number of carbonyl (C=O) groups is 4. The van der Waals surface area contributed by atoms with Crippen molar-refractivity contribution in [1.29, 1.82) is 0 Å². The van der Waals surface area contributed by atoms with Gasteiger partial charge in [0, 0.05) is 37.0 Å². The van der Waals surface area contributed by atoms with Gasteiger partial charge in [0.2, 0.25) is 17.7 Å². The summed E-state index contributed by atoms with van der Waals surface area (Å²) < 4.78 is 5.49. The quantitative estimate of drug-likeness (QED) is 0.114. The van der Waals surface area contributed by atoms with Gasteiger partial charge in [0.25, 0.3) is 0 Å². The third kappa shape index (κ3) is 16.5. The van der Waals surface area contributed by atoms with Crippen molar-refractivity contribution in [2.24, 2.45) is 28.7 Å². The molecule has 1 aliphatic heterocycles. The molecule has 0 saturated carbocycles. The number of carbonyl (C=O) groups excluding carboxylic acids is 4. The third-order valence-electron chi connectivity index (χ3n) is 8.98. The van der Waals surface area contributed by atoms with Crippen LogP contribution >= 0.6 is 12.6 Å². The molecule has 2 aromatic rings. The molecule has 0 aliphatic carbocycles. The summed E-state index contributed by atoms with van der Waals surface area (Å²) in [4.78, 5) is 56.8. The molecule has 0 bridgehead atoms. The van der Waals surface area contributed by atoms with Crippen LogP contribution in [-0.4, -0.2) is 65.5 Å². The Bertz CT molecular complexity index is 1650. The molecular formula is C42H63N5O6S. The van der Waals surface area contributed by atoms with Crippen molar-refractivity contribution < 1.29 is 29.0 Å². The van der Waals surface area contributed by atoms with E-state index in [1.165, 1.54) is 0 Å². The molecule has 11 nitrogen and oxygen atoms in total. The highest BCUT2D eigenvalue weighted by atomic mass is 32.1. The Morgan fingerprint density at radius 2 is 1.61 bits per heavy atom. The van der Waals surface area contributed by atoms with Crippen LogP contribution in [0.25, 0.3) is 6.08 Å². The van der Waals surface area contributed by atoms with Gasteiger partial charge in [-0.05, 0) is 60.6 Å². The maximum absolute atomic E-state index is 13.5. The van der Waals surface area contributed by atoms with Crippen LogP contribution in [0.2, 0.25) is 0 Å². The first-order valence-electron chi connectivity index (χ1n) is 19.2. The van der Waals surface area contributed by atoms with Gasteiger partial charge in [-0.25, -0.2) is 4.79 Å². The van der Waals surface area contributed by atoms with E-state index in [1.54, 1.807) is 13.1 Å². The maximum atomic E-state index is 13.5.